The van der Waals surface area contributed by atoms with E-state index < -0.39 is 15.9 Å². The van der Waals surface area contributed by atoms with E-state index in [9.17, 15) is 13.2 Å². The summed E-state index contributed by atoms with van der Waals surface area (Å²) in [5.74, 6) is -0.206. The summed E-state index contributed by atoms with van der Waals surface area (Å²) in [4.78, 5) is 12.9. The van der Waals surface area contributed by atoms with Crippen molar-refractivity contribution in [1.82, 2.24) is 13.1 Å². The zero-order valence-electron chi connectivity index (χ0n) is 16.0. The lowest BCUT2D eigenvalue weighted by atomic mass is 9.98. The number of anilines is 1. The van der Waals surface area contributed by atoms with Gasteiger partial charge >= 0.3 is 0 Å². The van der Waals surface area contributed by atoms with Crippen LogP contribution in [0.5, 0.6) is 5.75 Å². The topological polar surface area (TPSA) is 101 Å². The number of benzene rings is 2. The molecule has 0 radical (unpaired) electrons. The van der Waals surface area contributed by atoms with Crippen molar-refractivity contribution in [2.24, 2.45) is 5.92 Å². The first-order valence-corrected chi connectivity index (χ1v) is 11.8. The third-order valence-electron chi connectivity index (χ3n) is 5.04. The van der Waals surface area contributed by atoms with Crippen LogP contribution in [0.1, 0.15) is 12.8 Å². The van der Waals surface area contributed by atoms with Crippen molar-refractivity contribution in [3.63, 3.8) is 0 Å². The Morgan fingerprint density at radius 2 is 2.13 bits per heavy atom. The molecule has 1 saturated heterocycles. The van der Waals surface area contributed by atoms with Gasteiger partial charge < -0.3 is 10.1 Å². The summed E-state index contributed by atoms with van der Waals surface area (Å²) in [6.45, 7) is 0.459. The maximum Gasteiger partial charge on any atom is 0.245 e. The maximum absolute atomic E-state index is 13.2. The van der Waals surface area contributed by atoms with Crippen LogP contribution < -0.4 is 10.1 Å². The minimum atomic E-state index is -3.79. The van der Waals surface area contributed by atoms with Crippen molar-refractivity contribution in [2.75, 3.05) is 25.5 Å². The molecular formula is C19H19ClN4O4S2. The predicted molar refractivity (Wildman–Crippen MR) is 116 cm³/mol. The van der Waals surface area contributed by atoms with Crippen LogP contribution in [0.15, 0.2) is 41.3 Å². The monoisotopic (exact) mass is 466 g/mol. The zero-order valence-corrected chi connectivity index (χ0v) is 18.4. The van der Waals surface area contributed by atoms with Crippen molar-refractivity contribution in [2.45, 2.75) is 17.7 Å². The Hall–Kier alpha value is -2.27. The van der Waals surface area contributed by atoms with Gasteiger partial charge in [0.15, 0.2) is 0 Å². The van der Waals surface area contributed by atoms with Gasteiger partial charge in [0, 0.05) is 18.8 Å². The normalized spacial score (nSPS) is 17.7. The number of carbonyl (C=O) groups excluding carboxylic acids is 1. The number of ether oxygens (including phenoxy) is 1. The van der Waals surface area contributed by atoms with Gasteiger partial charge in [-0.3, -0.25) is 4.79 Å². The van der Waals surface area contributed by atoms with Crippen molar-refractivity contribution in [3.8, 4) is 5.75 Å². The summed E-state index contributed by atoms with van der Waals surface area (Å²) in [5, 5.41) is 3.20. The van der Waals surface area contributed by atoms with Gasteiger partial charge in [-0.05, 0) is 43.2 Å². The lowest BCUT2D eigenvalue weighted by Crippen LogP contribution is -2.43. The Morgan fingerprint density at radius 1 is 1.30 bits per heavy atom. The van der Waals surface area contributed by atoms with E-state index >= 15 is 0 Å². The Balaban J connectivity index is 1.52. The zero-order chi connectivity index (χ0) is 21.3. The van der Waals surface area contributed by atoms with Gasteiger partial charge in [-0.15, -0.1) is 0 Å². The highest BCUT2D eigenvalue weighted by molar-refractivity contribution is 7.89. The molecule has 0 aliphatic carbocycles. The van der Waals surface area contributed by atoms with Crippen LogP contribution in [-0.2, 0) is 14.8 Å². The fraction of sp³-hybridized carbons (Fsp3) is 0.316. The molecule has 4 rings (SSSR count). The quantitative estimate of drug-likeness (QED) is 0.618. The number of aromatic nitrogens is 2. The van der Waals surface area contributed by atoms with E-state index in [0.29, 0.717) is 46.9 Å². The number of piperidine rings is 1. The van der Waals surface area contributed by atoms with E-state index in [1.165, 1.54) is 17.5 Å². The highest BCUT2D eigenvalue weighted by Gasteiger charge is 2.34. The average molecular weight is 467 g/mol. The number of methoxy groups -OCH3 is 1. The highest BCUT2D eigenvalue weighted by atomic mass is 35.5. The Labute approximate surface area is 183 Å². The summed E-state index contributed by atoms with van der Waals surface area (Å²) < 4.78 is 41.2. The first kappa shape index (κ1) is 21.0. The molecule has 0 spiro atoms. The lowest BCUT2D eigenvalue weighted by Gasteiger charge is -2.31. The predicted octanol–water partition coefficient (Wildman–Crippen LogP) is 3.39. The number of halogens is 1. The van der Waals surface area contributed by atoms with Crippen molar-refractivity contribution in [3.05, 3.63) is 41.4 Å². The molecule has 0 bridgehead atoms. The third kappa shape index (κ3) is 4.00. The van der Waals surface area contributed by atoms with Crippen LogP contribution in [0.2, 0.25) is 5.02 Å². The van der Waals surface area contributed by atoms with Crippen LogP contribution >= 0.6 is 23.3 Å². The van der Waals surface area contributed by atoms with E-state index in [1.807, 2.05) is 0 Å². The molecule has 1 aliphatic heterocycles. The number of hydrogen-bond acceptors (Lipinski definition) is 7. The molecule has 2 aromatic carbocycles. The molecule has 11 heteroatoms. The second-order valence-electron chi connectivity index (χ2n) is 6.93. The van der Waals surface area contributed by atoms with Gasteiger partial charge in [-0.1, -0.05) is 17.7 Å². The summed E-state index contributed by atoms with van der Waals surface area (Å²) in [7, 11) is -2.28. The standard InChI is InChI=1S/C19H19ClN4O4S2/c1-28-16-8-7-13(10-14(16)20)21-19(25)12-4-3-9-24(11-12)30(26,27)17-6-2-5-15-18(17)23-29-22-15/h2,5-8,10,12H,3-4,9,11H2,1H3,(H,21,25). The fourth-order valence-corrected chi connectivity index (χ4v) is 6.03. The molecule has 8 nitrogen and oxygen atoms in total. The molecule has 3 aromatic rings. The Kier molecular flexibility index (Phi) is 5.92. The molecule has 158 valence electrons. The second kappa shape index (κ2) is 8.46. The molecular weight excluding hydrogens is 448 g/mol. The first-order chi connectivity index (χ1) is 14.4. The number of hydrogen-bond donors (Lipinski definition) is 1. The molecule has 1 aromatic heterocycles. The molecule has 1 N–H and O–H groups in total. The Morgan fingerprint density at radius 3 is 2.90 bits per heavy atom. The van der Waals surface area contributed by atoms with Crippen molar-refractivity contribution >= 4 is 56.0 Å². The largest absolute Gasteiger partial charge is 0.495 e. The van der Waals surface area contributed by atoms with Crippen LogP contribution in [0.25, 0.3) is 11.0 Å². The van der Waals surface area contributed by atoms with Crippen LogP contribution in [0.4, 0.5) is 5.69 Å². The van der Waals surface area contributed by atoms with Gasteiger partial charge in [-0.25, -0.2) is 8.42 Å². The summed E-state index contributed by atoms with van der Waals surface area (Å²) in [5.41, 5.74) is 1.44. The van der Waals surface area contributed by atoms with Gasteiger partial charge in [-0.2, -0.15) is 13.1 Å². The van der Waals surface area contributed by atoms with Crippen molar-refractivity contribution < 1.29 is 17.9 Å². The van der Waals surface area contributed by atoms with Crippen LogP contribution in [0.3, 0.4) is 0 Å². The molecule has 1 atom stereocenters. The van der Waals surface area contributed by atoms with Crippen LogP contribution in [-0.4, -0.2) is 47.6 Å². The maximum atomic E-state index is 13.2. The highest BCUT2D eigenvalue weighted by Crippen LogP contribution is 2.30. The number of nitrogens with one attached hydrogen (secondary N) is 1. The van der Waals surface area contributed by atoms with E-state index in [0.717, 1.165) is 11.7 Å². The smallest absolute Gasteiger partial charge is 0.245 e. The van der Waals surface area contributed by atoms with Gasteiger partial charge in [0.25, 0.3) is 0 Å². The Bertz CT molecular complexity index is 1200. The molecule has 0 saturated carbocycles. The van der Waals surface area contributed by atoms with Crippen LogP contribution in [0, 0.1) is 5.92 Å². The summed E-state index contributed by atoms with van der Waals surface area (Å²) in [6.07, 6.45) is 1.19. The van der Waals surface area contributed by atoms with Gasteiger partial charge in [0.2, 0.25) is 15.9 Å². The summed E-state index contributed by atoms with van der Waals surface area (Å²) >= 11 is 7.09. The van der Waals surface area contributed by atoms with E-state index in [1.54, 1.807) is 30.3 Å². The average Bonchev–Trinajstić information content (AvgIpc) is 3.23. The minimum absolute atomic E-state index is 0.103. The number of rotatable bonds is 5. The molecule has 1 unspecified atom stereocenters. The van der Waals surface area contributed by atoms with Gasteiger partial charge in [0.1, 0.15) is 21.7 Å². The first-order valence-electron chi connectivity index (χ1n) is 9.26. The SMILES string of the molecule is COc1ccc(NC(=O)C2CCCN(S(=O)(=O)c3cccc4nsnc34)C2)cc1Cl. The summed E-state index contributed by atoms with van der Waals surface area (Å²) in [6, 6.07) is 9.87. The molecule has 1 fully saturated rings. The minimum Gasteiger partial charge on any atom is -0.495 e. The number of amides is 1. The molecule has 30 heavy (non-hydrogen) atoms. The number of nitrogens with zero attached hydrogens (tertiary/aromatic N) is 3. The molecule has 1 aliphatic rings. The number of fused-ring (bicyclic) bond motifs is 1. The van der Waals surface area contributed by atoms with E-state index in [-0.39, 0.29) is 17.3 Å². The number of sulfonamides is 1. The third-order valence-corrected chi connectivity index (χ3v) is 7.78. The lowest BCUT2D eigenvalue weighted by molar-refractivity contribution is -0.120. The molecule has 2 heterocycles. The molecule has 1 amide bonds. The van der Waals surface area contributed by atoms with E-state index in [4.69, 9.17) is 16.3 Å². The van der Waals surface area contributed by atoms with Gasteiger partial charge in [0.05, 0.1) is 29.8 Å². The van der Waals surface area contributed by atoms with Crippen molar-refractivity contribution in [1.29, 1.82) is 0 Å². The second-order valence-corrected chi connectivity index (χ2v) is 9.77. The number of carbonyl (C=O) groups is 1. The fourth-order valence-electron chi connectivity index (χ4n) is 3.49. The van der Waals surface area contributed by atoms with E-state index in [2.05, 4.69) is 14.1 Å².